The van der Waals surface area contributed by atoms with Crippen molar-refractivity contribution < 1.29 is 117 Å². The summed E-state index contributed by atoms with van der Waals surface area (Å²) in [6, 6.07) is 1.22. The predicted molar refractivity (Wildman–Crippen MR) is 187 cm³/mol. The molecule has 0 aromatic carbocycles. The maximum absolute atomic E-state index is 13.2. The molecule has 0 bridgehead atoms. The Morgan fingerprint density at radius 2 is 1.32 bits per heavy atom. The van der Waals surface area contributed by atoms with Crippen LogP contribution in [0.4, 0.5) is 0 Å². The summed E-state index contributed by atoms with van der Waals surface area (Å²) in [6.07, 6.45) is -11.9. The van der Waals surface area contributed by atoms with Crippen LogP contribution < -0.4 is 11.2 Å². The minimum absolute atomic E-state index is 0.000574. The lowest BCUT2D eigenvalue weighted by molar-refractivity contribution is -0.0577. The highest BCUT2D eigenvalue weighted by Gasteiger charge is 2.54. The summed E-state index contributed by atoms with van der Waals surface area (Å²) in [6.45, 7) is -2.63. The molecule has 11 N–H and O–H groups in total. The number of imidazole rings is 1. The minimum atomic E-state index is -6.29. The van der Waals surface area contributed by atoms with E-state index in [-0.39, 0.29) is 15.8 Å². The second kappa shape index (κ2) is 18.3. The van der Waals surface area contributed by atoms with Crippen molar-refractivity contribution in [1.82, 2.24) is 29.1 Å². The molecule has 0 radical (unpaired) electrons. The van der Waals surface area contributed by atoms with E-state index in [2.05, 4.69) is 46.2 Å². The molecular weight excluding hydrogens is 974 g/mol. The van der Waals surface area contributed by atoms with E-state index in [1.54, 1.807) is 0 Å². The van der Waals surface area contributed by atoms with Crippen molar-refractivity contribution in [3.8, 4) is 0 Å². The van der Waals surface area contributed by atoms with Crippen LogP contribution in [-0.4, -0.2) is 130 Å². The van der Waals surface area contributed by atoms with Gasteiger partial charge in [-0.3, -0.25) is 32.5 Å². The summed E-state index contributed by atoms with van der Waals surface area (Å²) >= 11 is 4.81. The zero-order valence-corrected chi connectivity index (χ0v) is 35.3. The maximum atomic E-state index is 13.2. The van der Waals surface area contributed by atoms with Gasteiger partial charge in [0.25, 0.3) is 5.56 Å². The molecule has 2 fully saturated rings. The first-order valence-electron chi connectivity index (χ1n) is 15.5. The number of aliphatic hydroxyl groups excluding tert-OH is 2. The quantitative estimate of drug-likeness (QED) is 0.0488. The van der Waals surface area contributed by atoms with E-state index >= 15 is 0 Å². The summed E-state index contributed by atoms with van der Waals surface area (Å²) < 4.78 is 121. The van der Waals surface area contributed by atoms with Gasteiger partial charge in [0, 0.05) is 13.3 Å². The predicted octanol–water partition coefficient (Wildman–Crippen LogP) is -1.35. The van der Waals surface area contributed by atoms with Gasteiger partial charge < -0.3 is 63.7 Å². The monoisotopic (exact) mass is 1000 g/mol. The van der Waals surface area contributed by atoms with Gasteiger partial charge in [0.2, 0.25) is 0 Å². The van der Waals surface area contributed by atoms with Crippen molar-refractivity contribution in [2.75, 3.05) is 20.3 Å². The molecule has 2 saturated heterocycles. The van der Waals surface area contributed by atoms with Crippen LogP contribution >= 0.6 is 59.2 Å². The SMILES string of the molecule is CO[C@@H]1[C@H](OP(=O)(O)OP(=O)(O)OP(=O)(O)OC[C@H]2O[C@@H](n3ccc(=S)[nH]c3=O)[C@H](O)[C@@H]2O)[C@@H](COP(=O)(O)OP(=O)(O)OP(=O)(O)O)O[C@H]1n1cnc2c(=O)[nH]cnc21. The Balaban J connectivity index is 1.31. The molecule has 3 aromatic heterocycles. The summed E-state index contributed by atoms with van der Waals surface area (Å²) in [5.74, 6) is 0. The molecule has 2 aliphatic heterocycles. The van der Waals surface area contributed by atoms with E-state index in [0.29, 0.717) is 0 Å². The molecule has 5 unspecified atom stereocenters. The first kappa shape index (κ1) is 49.1. The van der Waals surface area contributed by atoms with Crippen molar-refractivity contribution in [2.45, 2.75) is 49.1 Å². The van der Waals surface area contributed by atoms with Crippen LogP contribution in [0.25, 0.3) is 11.2 Å². The van der Waals surface area contributed by atoms with Crippen LogP contribution in [0.15, 0.2) is 34.5 Å². The average Bonchev–Trinajstić information content (AvgIpc) is 3.74. The first-order chi connectivity index (χ1) is 27.5. The molecular formula is C20H30N6O27P6S. The third-order valence-corrected chi connectivity index (χ3v) is 15.9. The number of H-pyrrole nitrogens is 2. The fourth-order valence-electron chi connectivity index (χ4n) is 5.33. The van der Waals surface area contributed by atoms with Crippen LogP contribution in [0.1, 0.15) is 12.5 Å². The van der Waals surface area contributed by atoms with Gasteiger partial charge in [-0.15, -0.1) is 0 Å². The van der Waals surface area contributed by atoms with Crippen molar-refractivity contribution in [3.05, 3.63) is 50.4 Å². The Labute approximate surface area is 335 Å². The number of hydrogen-bond acceptors (Lipinski definition) is 23. The second-order valence-corrected chi connectivity index (χ2v) is 21.2. The molecule has 0 amide bonds. The Hall–Kier alpha value is -1.93. The van der Waals surface area contributed by atoms with Gasteiger partial charge in [-0.25, -0.2) is 42.2 Å². The van der Waals surface area contributed by atoms with Crippen LogP contribution in [0.2, 0.25) is 0 Å². The van der Waals surface area contributed by atoms with Crippen molar-refractivity contribution in [2.24, 2.45) is 0 Å². The molecule has 13 atom stereocenters. The minimum Gasteiger partial charge on any atom is -0.387 e. The van der Waals surface area contributed by atoms with E-state index in [1.165, 1.54) is 6.07 Å². The lowest BCUT2D eigenvalue weighted by atomic mass is 10.1. The number of aromatic nitrogens is 6. The average molecular weight is 1000 g/mol. The van der Waals surface area contributed by atoms with Gasteiger partial charge >= 0.3 is 52.6 Å². The highest BCUT2D eigenvalue weighted by atomic mass is 32.1. The molecule has 5 rings (SSSR count). The third kappa shape index (κ3) is 12.4. The van der Waals surface area contributed by atoms with Gasteiger partial charge in [-0.2, -0.15) is 17.2 Å². The van der Waals surface area contributed by atoms with Crippen molar-refractivity contribution in [1.29, 1.82) is 0 Å². The van der Waals surface area contributed by atoms with E-state index < -0.39 is 120 Å². The van der Waals surface area contributed by atoms with Gasteiger partial charge in [0.1, 0.15) is 41.3 Å². The highest BCUT2D eigenvalue weighted by Crippen LogP contribution is 2.69. The number of phosphoric ester groups is 3. The Bertz CT molecular complexity index is 2540. The molecule has 2 aliphatic rings. The molecule has 0 aliphatic carbocycles. The van der Waals surface area contributed by atoms with Gasteiger partial charge in [0.15, 0.2) is 23.6 Å². The fraction of sp³-hybridized carbons (Fsp3) is 0.550. The van der Waals surface area contributed by atoms with Gasteiger partial charge in [0.05, 0.1) is 25.9 Å². The van der Waals surface area contributed by atoms with Crippen molar-refractivity contribution >= 4 is 70.3 Å². The first-order valence-corrected chi connectivity index (χ1v) is 24.9. The summed E-state index contributed by atoms with van der Waals surface area (Å²) in [4.78, 5) is 104. The standard InChI is InChI=1S/C20H30N6O27P6S/c1-44-15-14(9(5-46-56(36,37)51-58(40,41)50-54(31,32)33)48-19(15)26-7-23-11-16(26)21-6-22-17(11)29)49-57(38,39)53-59(42,43)52-55(34,35)45-4-8-12(27)13(28)18(47-8)25-3-2-10(60)24-20(25)30/h2-3,6-9,12-15,18-19,27-28H,4-5H2,1H3,(H,34,35)(H,36,37)(H,38,39)(H,40,41)(H,42,43)(H,21,22,29)(H,24,30,60)(H2,31,32,33)/t8-,9-,12-,13-,14-,15-,18-,19-/m1/s1. The number of rotatable bonds is 19. The normalized spacial score (nSPS) is 30.0. The fourth-order valence-corrected chi connectivity index (χ4v) is 12.2. The number of fused-ring (bicyclic) bond motifs is 1. The Morgan fingerprint density at radius 1 is 0.750 bits per heavy atom. The maximum Gasteiger partial charge on any atom is 0.490 e. The lowest BCUT2D eigenvalue weighted by Crippen LogP contribution is -2.37. The highest BCUT2D eigenvalue weighted by molar-refractivity contribution is 7.71. The number of nitrogens with zero attached hydrogens (tertiary/aromatic N) is 4. The number of aliphatic hydroxyl groups is 2. The van der Waals surface area contributed by atoms with Gasteiger partial charge in [-0.05, 0) is 6.07 Å². The van der Waals surface area contributed by atoms with Crippen molar-refractivity contribution in [3.63, 3.8) is 0 Å². The summed E-state index contributed by atoms with van der Waals surface area (Å²) in [5.41, 5.74) is -2.22. The van der Waals surface area contributed by atoms with Crippen LogP contribution in [-0.2, 0) is 72.4 Å². The number of hydrogen-bond donors (Lipinski definition) is 11. The summed E-state index contributed by atoms with van der Waals surface area (Å²) in [7, 11) is -35.2. The van der Waals surface area contributed by atoms with Crippen LogP contribution in [0.3, 0.4) is 0 Å². The van der Waals surface area contributed by atoms with Crippen LogP contribution in [0.5, 0.6) is 0 Å². The van der Waals surface area contributed by atoms with Crippen LogP contribution in [0, 0.1) is 4.64 Å². The third-order valence-electron chi connectivity index (χ3n) is 7.55. The molecule has 0 saturated carbocycles. The second-order valence-electron chi connectivity index (χ2n) is 11.7. The number of ether oxygens (including phenoxy) is 3. The topological polar surface area (TPSA) is 478 Å². The van der Waals surface area contributed by atoms with E-state index in [9.17, 15) is 71.7 Å². The lowest BCUT2D eigenvalue weighted by Gasteiger charge is -2.26. The van der Waals surface area contributed by atoms with E-state index in [1.807, 2.05) is 0 Å². The number of methoxy groups -OCH3 is 1. The largest absolute Gasteiger partial charge is 0.490 e. The molecule has 3 aromatic rings. The zero-order chi connectivity index (χ0) is 44.8. The Morgan fingerprint density at radius 3 is 1.90 bits per heavy atom. The molecule has 40 heteroatoms. The number of aromatic amines is 2. The molecule has 5 heterocycles. The van der Waals surface area contributed by atoms with E-state index in [0.717, 1.165) is 35.1 Å². The van der Waals surface area contributed by atoms with E-state index in [4.69, 9.17) is 40.7 Å². The zero-order valence-electron chi connectivity index (χ0n) is 29.1. The molecule has 338 valence electrons. The number of nitrogens with one attached hydrogen (secondary N) is 2. The molecule has 60 heavy (non-hydrogen) atoms. The number of phosphoric acid groups is 6. The summed E-state index contributed by atoms with van der Waals surface area (Å²) in [5, 5.41) is 20.7. The smallest absolute Gasteiger partial charge is 0.387 e. The molecule has 0 spiro atoms. The molecule has 33 nitrogen and oxygen atoms in total. The van der Waals surface area contributed by atoms with Gasteiger partial charge in [-0.1, -0.05) is 12.2 Å². The Kier molecular flexibility index (Phi) is 15.0.